The molecule has 4 rings (SSSR count). The van der Waals surface area contributed by atoms with Crippen molar-refractivity contribution >= 4 is 10.9 Å². The summed E-state index contributed by atoms with van der Waals surface area (Å²) in [6.45, 7) is 0. The molecule has 0 aliphatic carbocycles. The number of H-pyrrole nitrogens is 1. The van der Waals surface area contributed by atoms with Gasteiger partial charge in [-0.25, -0.2) is 19.0 Å². The summed E-state index contributed by atoms with van der Waals surface area (Å²) in [7, 11) is 0. The number of aromatic nitrogens is 5. The van der Waals surface area contributed by atoms with Crippen LogP contribution in [0.3, 0.4) is 0 Å². The van der Waals surface area contributed by atoms with Crippen LogP contribution in [0, 0.1) is 5.82 Å². The largest absolute Gasteiger partial charge is 0.507 e. The fourth-order valence-electron chi connectivity index (χ4n) is 2.58. The van der Waals surface area contributed by atoms with E-state index in [1.165, 1.54) is 16.9 Å². The molecule has 0 atom stereocenters. The van der Waals surface area contributed by atoms with Crippen LogP contribution in [0.4, 0.5) is 4.39 Å². The van der Waals surface area contributed by atoms with Crippen molar-refractivity contribution in [1.82, 2.24) is 24.7 Å². The number of fused-ring (bicyclic) bond motifs is 1. The predicted octanol–water partition coefficient (Wildman–Crippen LogP) is 1.94. The third-order valence-electron chi connectivity index (χ3n) is 3.73. The zero-order chi connectivity index (χ0) is 17.4. The Morgan fingerprint density at radius 2 is 2.08 bits per heavy atom. The highest BCUT2D eigenvalue weighted by Gasteiger charge is 2.09. The van der Waals surface area contributed by atoms with Crippen LogP contribution < -0.4 is 5.56 Å². The van der Waals surface area contributed by atoms with E-state index >= 15 is 0 Å². The molecule has 124 valence electrons. The number of nitrogens with one attached hydrogen (secondary N) is 1. The van der Waals surface area contributed by atoms with Gasteiger partial charge in [0.15, 0.2) is 11.6 Å². The average molecular weight is 337 g/mol. The maximum absolute atomic E-state index is 13.0. The number of phenols is 1. The zero-order valence-electron chi connectivity index (χ0n) is 12.8. The Morgan fingerprint density at radius 1 is 1.20 bits per heavy atom. The molecular weight excluding hydrogens is 325 g/mol. The van der Waals surface area contributed by atoms with Crippen LogP contribution in [0.5, 0.6) is 5.75 Å². The molecule has 3 heterocycles. The summed E-state index contributed by atoms with van der Waals surface area (Å²) < 4.78 is 14.3. The van der Waals surface area contributed by atoms with E-state index < -0.39 is 11.4 Å². The molecule has 0 spiro atoms. The second-order valence-electron chi connectivity index (χ2n) is 5.49. The van der Waals surface area contributed by atoms with Gasteiger partial charge < -0.3 is 10.1 Å². The number of halogens is 1. The predicted molar refractivity (Wildman–Crippen MR) is 88.2 cm³/mol. The average Bonchev–Trinajstić information content (AvgIpc) is 3.02. The van der Waals surface area contributed by atoms with Crippen molar-refractivity contribution in [2.24, 2.45) is 0 Å². The summed E-state index contributed by atoms with van der Waals surface area (Å²) in [6.07, 6.45) is 4.31. The number of rotatable bonds is 3. The monoisotopic (exact) mass is 337 g/mol. The normalized spacial score (nSPS) is 11.1. The molecule has 0 radical (unpaired) electrons. The number of aromatic hydroxyl groups is 1. The van der Waals surface area contributed by atoms with Crippen molar-refractivity contribution in [3.8, 4) is 11.6 Å². The third kappa shape index (κ3) is 2.85. The number of pyridine rings is 1. The van der Waals surface area contributed by atoms with Gasteiger partial charge in [0.25, 0.3) is 5.56 Å². The van der Waals surface area contributed by atoms with Gasteiger partial charge in [-0.15, -0.1) is 0 Å². The summed E-state index contributed by atoms with van der Waals surface area (Å²) in [6, 6.07) is 8.25. The molecule has 2 N–H and O–H groups in total. The molecule has 0 bridgehead atoms. The first kappa shape index (κ1) is 15.0. The van der Waals surface area contributed by atoms with Gasteiger partial charge in [-0.2, -0.15) is 5.10 Å². The molecule has 0 aliphatic heterocycles. The van der Waals surface area contributed by atoms with Gasteiger partial charge in [-0.05, 0) is 23.8 Å². The van der Waals surface area contributed by atoms with Gasteiger partial charge in [0.2, 0.25) is 0 Å². The van der Waals surface area contributed by atoms with E-state index in [0.29, 0.717) is 23.6 Å². The van der Waals surface area contributed by atoms with Crippen LogP contribution in [0.15, 0.2) is 53.7 Å². The summed E-state index contributed by atoms with van der Waals surface area (Å²) in [4.78, 5) is 23.4. The lowest BCUT2D eigenvalue weighted by molar-refractivity contribution is 0.481. The van der Waals surface area contributed by atoms with E-state index in [1.807, 2.05) is 0 Å². The Kier molecular flexibility index (Phi) is 3.50. The van der Waals surface area contributed by atoms with Crippen molar-refractivity contribution in [3.63, 3.8) is 0 Å². The van der Waals surface area contributed by atoms with Crippen LogP contribution in [0.1, 0.15) is 11.4 Å². The van der Waals surface area contributed by atoms with Crippen molar-refractivity contribution < 1.29 is 9.50 Å². The van der Waals surface area contributed by atoms with Crippen molar-refractivity contribution in [3.05, 3.63) is 76.5 Å². The molecule has 3 aromatic heterocycles. The Morgan fingerprint density at radius 3 is 2.80 bits per heavy atom. The van der Waals surface area contributed by atoms with Gasteiger partial charge in [-0.1, -0.05) is 12.1 Å². The maximum atomic E-state index is 13.0. The first-order valence-electron chi connectivity index (χ1n) is 7.46. The first-order chi connectivity index (χ1) is 12.1. The minimum Gasteiger partial charge on any atom is -0.507 e. The molecule has 4 aromatic rings. The van der Waals surface area contributed by atoms with Crippen LogP contribution >= 0.6 is 0 Å². The second-order valence-corrected chi connectivity index (χ2v) is 5.49. The lowest BCUT2D eigenvalue weighted by Gasteiger charge is -2.05. The quantitative estimate of drug-likeness (QED) is 0.595. The summed E-state index contributed by atoms with van der Waals surface area (Å²) in [5.41, 5.74) is 0.851. The molecule has 25 heavy (non-hydrogen) atoms. The standard InChI is InChI=1S/C17H12FN5O2/c18-11-8-20-23(9-11)15-5-4-10(7-19-15)6-14-21-12-2-1-3-13(24)16(12)17(25)22-14/h1-5,7-9,24H,6H2,(H,21,22,25). The van der Waals surface area contributed by atoms with E-state index in [9.17, 15) is 14.3 Å². The van der Waals surface area contributed by atoms with Gasteiger partial charge in [-0.3, -0.25) is 4.79 Å². The Balaban J connectivity index is 1.64. The van der Waals surface area contributed by atoms with E-state index in [4.69, 9.17) is 0 Å². The van der Waals surface area contributed by atoms with E-state index in [-0.39, 0.29) is 11.1 Å². The Labute approximate surface area is 140 Å². The third-order valence-corrected chi connectivity index (χ3v) is 3.73. The summed E-state index contributed by atoms with van der Waals surface area (Å²) in [5.74, 6) is 0.405. The maximum Gasteiger partial charge on any atom is 0.262 e. The fourth-order valence-corrected chi connectivity index (χ4v) is 2.58. The lowest BCUT2D eigenvalue weighted by Crippen LogP contribution is -2.12. The smallest absolute Gasteiger partial charge is 0.262 e. The first-order valence-corrected chi connectivity index (χ1v) is 7.46. The molecule has 0 fully saturated rings. The molecule has 0 saturated carbocycles. The number of phenolic OH excluding ortho intramolecular Hbond substituents is 1. The molecular formula is C17H12FN5O2. The minimum absolute atomic E-state index is 0.102. The fraction of sp³-hybridized carbons (Fsp3) is 0.0588. The topological polar surface area (TPSA) is 96.7 Å². The van der Waals surface area contributed by atoms with Gasteiger partial charge in [0.1, 0.15) is 17.0 Å². The highest BCUT2D eigenvalue weighted by Crippen LogP contribution is 2.19. The lowest BCUT2D eigenvalue weighted by atomic mass is 10.2. The van der Waals surface area contributed by atoms with Crippen LogP contribution in [-0.4, -0.2) is 29.8 Å². The van der Waals surface area contributed by atoms with Crippen LogP contribution in [-0.2, 0) is 6.42 Å². The Hall–Kier alpha value is -3.55. The molecule has 0 aliphatic rings. The number of benzene rings is 1. The van der Waals surface area contributed by atoms with E-state index in [0.717, 1.165) is 11.8 Å². The highest BCUT2D eigenvalue weighted by atomic mass is 19.1. The SMILES string of the molecule is O=c1[nH]c(Cc2ccc(-n3cc(F)cn3)nc2)nc2cccc(O)c12. The molecule has 0 saturated heterocycles. The number of aromatic amines is 1. The van der Waals surface area contributed by atoms with E-state index in [2.05, 4.69) is 20.1 Å². The number of hydrogen-bond donors (Lipinski definition) is 2. The number of hydrogen-bond acceptors (Lipinski definition) is 5. The van der Waals surface area contributed by atoms with Gasteiger partial charge in [0, 0.05) is 12.6 Å². The van der Waals surface area contributed by atoms with Gasteiger partial charge in [0.05, 0.1) is 17.9 Å². The van der Waals surface area contributed by atoms with E-state index in [1.54, 1.807) is 30.5 Å². The minimum atomic E-state index is -0.438. The van der Waals surface area contributed by atoms with Gasteiger partial charge >= 0.3 is 0 Å². The molecule has 0 unspecified atom stereocenters. The highest BCUT2D eigenvalue weighted by molar-refractivity contribution is 5.83. The van der Waals surface area contributed by atoms with Crippen LogP contribution in [0.25, 0.3) is 16.7 Å². The van der Waals surface area contributed by atoms with Crippen molar-refractivity contribution in [2.45, 2.75) is 6.42 Å². The summed E-state index contributed by atoms with van der Waals surface area (Å²) in [5, 5.41) is 13.8. The zero-order valence-corrected chi connectivity index (χ0v) is 12.8. The Bertz CT molecular complexity index is 1120. The van der Waals surface area contributed by atoms with Crippen molar-refractivity contribution in [1.29, 1.82) is 0 Å². The number of nitrogens with zero attached hydrogens (tertiary/aromatic N) is 4. The molecule has 1 aromatic carbocycles. The molecule has 8 heteroatoms. The summed E-state index contributed by atoms with van der Waals surface area (Å²) >= 11 is 0. The molecule has 0 amide bonds. The van der Waals surface area contributed by atoms with Crippen LogP contribution in [0.2, 0.25) is 0 Å². The molecule has 7 nitrogen and oxygen atoms in total. The van der Waals surface area contributed by atoms with Crippen molar-refractivity contribution in [2.75, 3.05) is 0 Å². The second kappa shape index (κ2) is 5.82.